The number of rotatable bonds is 8. The van der Waals surface area contributed by atoms with Crippen LogP contribution in [0.25, 0.3) is 0 Å². The monoisotopic (exact) mass is 343 g/mol. The zero-order valence-corrected chi connectivity index (χ0v) is 13.5. The Bertz CT molecular complexity index is 437. The second-order valence-electron chi connectivity index (χ2n) is 4.33. The smallest absolute Gasteiger partial charge is 0.255 e. The number of amides is 1. The molecule has 0 aliphatic carbocycles. The lowest BCUT2D eigenvalue weighted by Gasteiger charge is -2.17. The molecule has 0 saturated carbocycles. The Balaban J connectivity index is 2.49. The zero-order chi connectivity index (χ0) is 15.0. The number of nitrogen functional groups attached to an aromatic ring is 1. The lowest BCUT2D eigenvalue weighted by atomic mass is 10.2. The van der Waals surface area contributed by atoms with Gasteiger partial charge in [0.05, 0.1) is 5.56 Å². The van der Waals surface area contributed by atoms with E-state index in [1.54, 1.807) is 12.3 Å². The van der Waals surface area contributed by atoms with E-state index < -0.39 is 0 Å². The van der Waals surface area contributed by atoms with Gasteiger partial charge in [0.1, 0.15) is 0 Å². The summed E-state index contributed by atoms with van der Waals surface area (Å²) >= 11 is 3.30. The third-order valence-corrected chi connectivity index (χ3v) is 3.50. The maximum Gasteiger partial charge on any atom is 0.255 e. The molecule has 1 aromatic rings. The number of nitrogens with one attached hydrogen (secondary N) is 2. The Morgan fingerprint density at radius 3 is 2.75 bits per heavy atom. The van der Waals surface area contributed by atoms with Gasteiger partial charge in [0.15, 0.2) is 5.82 Å². The van der Waals surface area contributed by atoms with Crippen LogP contribution in [0.5, 0.6) is 0 Å². The molecular formula is C13H22BrN5O. The van der Waals surface area contributed by atoms with Crippen LogP contribution in [-0.4, -0.2) is 42.0 Å². The van der Waals surface area contributed by atoms with E-state index in [-0.39, 0.29) is 5.91 Å². The normalized spacial score (nSPS) is 10.7. The number of aromatic nitrogens is 1. The van der Waals surface area contributed by atoms with Crippen molar-refractivity contribution in [2.75, 3.05) is 31.6 Å². The third kappa shape index (κ3) is 5.07. The summed E-state index contributed by atoms with van der Waals surface area (Å²) in [6.07, 6.45) is 2.51. The SMILES string of the molecule is CCN(CC)CCCNC(=O)c1cc(Br)cnc1NN. The molecule has 0 bridgehead atoms. The van der Waals surface area contributed by atoms with E-state index in [9.17, 15) is 4.79 Å². The summed E-state index contributed by atoms with van der Waals surface area (Å²) in [6, 6.07) is 1.70. The van der Waals surface area contributed by atoms with Crippen molar-refractivity contribution in [1.29, 1.82) is 0 Å². The molecule has 0 atom stereocenters. The van der Waals surface area contributed by atoms with Gasteiger partial charge in [-0.1, -0.05) is 13.8 Å². The minimum atomic E-state index is -0.175. The molecule has 112 valence electrons. The highest BCUT2D eigenvalue weighted by atomic mass is 79.9. The number of hydrazine groups is 1. The molecule has 1 rings (SSSR count). The van der Waals surface area contributed by atoms with Crippen molar-refractivity contribution in [1.82, 2.24) is 15.2 Å². The Hall–Kier alpha value is -1.18. The van der Waals surface area contributed by atoms with Crippen LogP contribution in [-0.2, 0) is 0 Å². The van der Waals surface area contributed by atoms with E-state index in [1.807, 2.05) is 0 Å². The van der Waals surface area contributed by atoms with Crippen molar-refractivity contribution in [3.63, 3.8) is 0 Å². The summed E-state index contributed by atoms with van der Waals surface area (Å²) in [5.41, 5.74) is 2.86. The maximum atomic E-state index is 12.1. The summed E-state index contributed by atoms with van der Waals surface area (Å²) in [5, 5.41) is 2.88. The van der Waals surface area contributed by atoms with Gasteiger partial charge < -0.3 is 15.6 Å². The Morgan fingerprint density at radius 2 is 2.15 bits per heavy atom. The molecule has 1 aromatic heterocycles. The van der Waals surface area contributed by atoms with E-state index in [0.29, 0.717) is 17.9 Å². The van der Waals surface area contributed by atoms with E-state index in [4.69, 9.17) is 5.84 Å². The fourth-order valence-corrected chi connectivity index (χ4v) is 2.20. The molecule has 20 heavy (non-hydrogen) atoms. The number of halogens is 1. The van der Waals surface area contributed by atoms with Gasteiger partial charge in [-0.05, 0) is 48.1 Å². The fraction of sp³-hybridized carbons (Fsp3) is 0.538. The third-order valence-electron chi connectivity index (χ3n) is 3.07. The van der Waals surface area contributed by atoms with Crippen LogP contribution in [0.4, 0.5) is 5.82 Å². The predicted octanol–water partition coefficient (Wildman–Crippen LogP) is 1.59. The van der Waals surface area contributed by atoms with Gasteiger partial charge in [-0.15, -0.1) is 0 Å². The van der Waals surface area contributed by atoms with Gasteiger partial charge in [0.25, 0.3) is 5.91 Å². The first kappa shape index (κ1) is 16.9. The highest BCUT2D eigenvalue weighted by Gasteiger charge is 2.12. The molecule has 0 unspecified atom stereocenters. The van der Waals surface area contributed by atoms with Gasteiger partial charge in [-0.3, -0.25) is 4.79 Å². The van der Waals surface area contributed by atoms with Gasteiger partial charge in [-0.25, -0.2) is 10.8 Å². The van der Waals surface area contributed by atoms with E-state index in [0.717, 1.165) is 30.5 Å². The minimum Gasteiger partial charge on any atom is -0.352 e. The Labute approximate surface area is 128 Å². The average molecular weight is 344 g/mol. The minimum absolute atomic E-state index is 0.175. The highest BCUT2D eigenvalue weighted by molar-refractivity contribution is 9.10. The second kappa shape index (κ2) is 8.89. The largest absolute Gasteiger partial charge is 0.352 e. The Morgan fingerprint density at radius 1 is 1.45 bits per heavy atom. The number of anilines is 1. The lowest BCUT2D eigenvalue weighted by molar-refractivity contribution is 0.0952. The van der Waals surface area contributed by atoms with E-state index in [2.05, 4.69) is 50.4 Å². The molecule has 0 saturated heterocycles. The number of pyridine rings is 1. The first-order chi connectivity index (χ1) is 9.62. The summed E-state index contributed by atoms with van der Waals surface area (Å²) in [6.45, 7) is 7.93. The molecule has 0 aliphatic rings. The molecular weight excluding hydrogens is 322 g/mol. The Kier molecular flexibility index (Phi) is 7.50. The van der Waals surface area contributed by atoms with Crippen molar-refractivity contribution in [2.24, 2.45) is 5.84 Å². The number of carbonyl (C=O) groups is 1. The summed E-state index contributed by atoms with van der Waals surface area (Å²) in [7, 11) is 0. The van der Waals surface area contributed by atoms with Crippen LogP contribution in [0.2, 0.25) is 0 Å². The van der Waals surface area contributed by atoms with Crippen LogP contribution in [0.15, 0.2) is 16.7 Å². The van der Waals surface area contributed by atoms with Crippen molar-refractivity contribution >= 4 is 27.7 Å². The van der Waals surface area contributed by atoms with Gasteiger partial charge in [-0.2, -0.15) is 0 Å². The number of nitrogens with zero attached hydrogens (tertiary/aromatic N) is 2. The summed E-state index contributed by atoms with van der Waals surface area (Å²) < 4.78 is 0.741. The molecule has 4 N–H and O–H groups in total. The number of carbonyl (C=O) groups excluding carboxylic acids is 1. The van der Waals surface area contributed by atoms with Gasteiger partial charge >= 0.3 is 0 Å². The van der Waals surface area contributed by atoms with Crippen LogP contribution >= 0.6 is 15.9 Å². The van der Waals surface area contributed by atoms with Crippen LogP contribution < -0.4 is 16.6 Å². The molecule has 1 amide bonds. The van der Waals surface area contributed by atoms with Crippen molar-refractivity contribution in [2.45, 2.75) is 20.3 Å². The maximum absolute atomic E-state index is 12.1. The molecule has 0 spiro atoms. The topological polar surface area (TPSA) is 83.3 Å². The lowest BCUT2D eigenvalue weighted by Crippen LogP contribution is -2.30. The highest BCUT2D eigenvalue weighted by Crippen LogP contribution is 2.16. The molecule has 1 heterocycles. The zero-order valence-electron chi connectivity index (χ0n) is 11.9. The van der Waals surface area contributed by atoms with Crippen LogP contribution in [0.1, 0.15) is 30.6 Å². The van der Waals surface area contributed by atoms with E-state index >= 15 is 0 Å². The van der Waals surface area contributed by atoms with Crippen LogP contribution in [0.3, 0.4) is 0 Å². The number of nitrogens with two attached hydrogens (primary N) is 1. The fourth-order valence-electron chi connectivity index (χ4n) is 1.87. The number of hydrogen-bond donors (Lipinski definition) is 3. The predicted molar refractivity (Wildman–Crippen MR) is 84.5 cm³/mol. The molecule has 0 aliphatic heterocycles. The number of hydrogen-bond acceptors (Lipinski definition) is 5. The van der Waals surface area contributed by atoms with E-state index in [1.165, 1.54) is 0 Å². The quantitative estimate of drug-likeness (QED) is 0.379. The second-order valence-corrected chi connectivity index (χ2v) is 5.25. The average Bonchev–Trinajstić information content (AvgIpc) is 2.47. The van der Waals surface area contributed by atoms with Crippen molar-refractivity contribution in [3.8, 4) is 0 Å². The van der Waals surface area contributed by atoms with Gasteiger partial charge in [0, 0.05) is 17.2 Å². The molecule has 0 aromatic carbocycles. The standard InChI is InChI=1S/C13H22BrN5O/c1-3-19(4-2)7-5-6-16-13(20)11-8-10(14)9-17-12(11)18-15/h8-9H,3-7,15H2,1-2H3,(H,16,20)(H,17,18). The first-order valence-electron chi connectivity index (χ1n) is 6.75. The molecule has 7 heteroatoms. The van der Waals surface area contributed by atoms with Crippen molar-refractivity contribution in [3.05, 3.63) is 22.3 Å². The molecule has 0 fully saturated rings. The molecule has 6 nitrogen and oxygen atoms in total. The summed E-state index contributed by atoms with van der Waals surface area (Å²) in [5.74, 6) is 5.55. The summed E-state index contributed by atoms with van der Waals surface area (Å²) in [4.78, 5) is 18.4. The van der Waals surface area contributed by atoms with Gasteiger partial charge in [0.2, 0.25) is 0 Å². The molecule has 0 radical (unpaired) electrons. The first-order valence-corrected chi connectivity index (χ1v) is 7.54. The van der Waals surface area contributed by atoms with Crippen molar-refractivity contribution < 1.29 is 4.79 Å². The van der Waals surface area contributed by atoms with Crippen LogP contribution in [0, 0.1) is 0 Å².